The van der Waals surface area contributed by atoms with Crippen LogP contribution in [0.15, 0.2) is 12.3 Å². The molecule has 4 nitrogen and oxygen atoms in total. The second-order valence-electron chi connectivity index (χ2n) is 4.31. The van der Waals surface area contributed by atoms with E-state index in [0.29, 0.717) is 12.5 Å². The van der Waals surface area contributed by atoms with E-state index in [2.05, 4.69) is 22.4 Å². The molecule has 1 aromatic heterocycles. The number of nitrogens with zero attached hydrogens (tertiary/aromatic N) is 1. The number of hydrogen-bond acceptors (Lipinski definition) is 2. The minimum absolute atomic E-state index is 0.189. The maximum absolute atomic E-state index is 11.8. The Bertz CT molecular complexity index is 321. The van der Waals surface area contributed by atoms with Gasteiger partial charge in [0.2, 0.25) is 5.91 Å². The number of aromatic amines is 1. The molecular formula is C11H17N3O. The Balaban J connectivity index is 1.82. The number of carbonyl (C=O) groups is 1. The third-order valence-corrected chi connectivity index (χ3v) is 3.21. The smallest absolute Gasteiger partial charge is 0.223 e. The van der Waals surface area contributed by atoms with Crippen molar-refractivity contribution >= 4 is 5.91 Å². The molecule has 2 rings (SSSR count). The Morgan fingerprint density at radius 2 is 2.53 bits per heavy atom. The molecule has 1 aromatic rings. The van der Waals surface area contributed by atoms with Gasteiger partial charge >= 0.3 is 0 Å². The summed E-state index contributed by atoms with van der Waals surface area (Å²) in [5.74, 6) is 0.939. The van der Waals surface area contributed by atoms with Crippen LogP contribution < -0.4 is 5.32 Å². The van der Waals surface area contributed by atoms with Crippen LogP contribution in [0.2, 0.25) is 0 Å². The SMILES string of the molecule is CC1CCCC1C(=O)NCc1ccn[nH]1. The molecule has 0 aromatic carbocycles. The molecule has 0 saturated heterocycles. The van der Waals surface area contributed by atoms with Crippen LogP contribution in [-0.4, -0.2) is 16.1 Å². The monoisotopic (exact) mass is 207 g/mol. The van der Waals surface area contributed by atoms with Crippen LogP contribution in [0.25, 0.3) is 0 Å². The van der Waals surface area contributed by atoms with Crippen LogP contribution in [0.3, 0.4) is 0 Å². The molecular weight excluding hydrogens is 190 g/mol. The average Bonchev–Trinajstić information content (AvgIpc) is 2.84. The van der Waals surface area contributed by atoms with Gasteiger partial charge in [-0.3, -0.25) is 9.89 Å². The second-order valence-corrected chi connectivity index (χ2v) is 4.31. The van der Waals surface area contributed by atoms with Crippen LogP contribution in [0.1, 0.15) is 31.9 Å². The van der Waals surface area contributed by atoms with Gasteiger partial charge in [-0.25, -0.2) is 0 Å². The van der Waals surface area contributed by atoms with Crippen molar-refractivity contribution in [2.24, 2.45) is 11.8 Å². The summed E-state index contributed by atoms with van der Waals surface area (Å²) < 4.78 is 0. The first kappa shape index (κ1) is 10.2. The van der Waals surface area contributed by atoms with E-state index in [1.54, 1.807) is 6.20 Å². The van der Waals surface area contributed by atoms with Gasteiger partial charge < -0.3 is 5.32 Å². The molecule has 0 radical (unpaired) electrons. The van der Waals surface area contributed by atoms with Gasteiger partial charge in [0.15, 0.2) is 0 Å². The summed E-state index contributed by atoms with van der Waals surface area (Å²) in [6.45, 7) is 2.72. The Morgan fingerprint density at radius 3 is 3.13 bits per heavy atom. The van der Waals surface area contributed by atoms with Crippen molar-refractivity contribution in [1.29, 1.82) is 0 Å². The molecule has 0 spiro atoms. The maximum Gasteiger partial charge on any atom is 0.223 e. The highest BCUT2D eigenvalue weighted by atomic mass is 16.1. The molecule has 2 N–H and O–H groups in total. The summed E-state index contributed by atoms with van der Waals surface area (Å²) in [6.07, 6.45) is 5.10. The lowest BCUT2D eigenvalue weighted by Gasteiger charge is -2.14. The van der Waals surface area contributed by atoms with Crippen LogP contribution in [0.4, 0.5) is 0 Å². The summed E-state index contributed by atoms with van der Waals surface area (Å²) >= 11 is 0. The molecule has 1 saturated carbocycles. The molecule has 0 aliphatic heterocycles. The maximum atomic E-state index is 11.8. The fourth-order valence-corrected chi connectivity index (χ4v) is 2.23. The Hall–Kier alpha value is -1.32. The second kappa shape index (κ2) is 4.47. The van der Waals surface area contributed by atoms with Gasteiger partial charge in [-0.1, -0.05) is 13.3 Å². The first-order chi connectivity index (χ1) is 7.27. The quantitative estimate of drug-likeness (QED) is 0.788. The van der Waals surface area contributed by atoms with Crippen molar-refractivity contribution in [3.8, 4) is 0 Å². The number of amides is 1. The zero-order valence-electron chi connectivity index (χ0n) is 8.99. The molecule has 0 bridgehead atoms. The summed E-state index contributed by atoms with van der Waals surface area (Å²) in [4.78, 5) is 11.8. The molecule has 2 unspecified atom stereocenters. The van der Waals surface area contributed by atoms with E-state index in [1.807, 2.05) is 6.07 Å². The number of nitrogens with one attached hydrogen (secondary N) is 2. The molecule has 4 heteroatoms. The fourth-order valence-electron chi connectivity index (χ4n) is 2.23. The highest BCUT2D eigenvalue weighted by Crippen LogP contribution is 2.31. The molecule has 1 aliphatic carbocycles. The van der Waals surface area contributed by atoms with Gasteiger partial charge in [0.1, 0.15) is 0 Å². The van der Waals surface area contributed by atoms with Gasteiger partial charge in [-0.2, -0.15) is 5.10 Å². The summed E-state index contributed by atoms with van der Waals surface area (Å²) in [5, 5.41) is 9.61. The number of rotatable bonds is 3. The lowest BCUT2D eigenvalue weighted by molar-refractivity contribution is -0.126. The third kappa shape index (κ3) is 2.37. The van der Waals surface area contributed by atoms with Crippen LogP contribution in [-0.2, 0) is 11.3 Å². The molecule has 1 aliphatic rings. The van der Waals surface area contributed by atoms with Crippen molar-refractivity contribution in [2.75, 3.05) is 0 Å². The molecule has 82 valence electrons. The lowest BCUT2D eigenvalue weighted by atomic mass is 9.97. The predicted molar refractivity (Wildman–Crippen MR) is 56.9 cm³/mol. The van der Waals surface area contributed by atoms with Gasteiger partial charge in [-0.05, 0) is 24.8 Å². The first-order valence-corrected chi connectivity index (χ1v) is 5.53. The van der Waals surface area contributed by atoms with Crippen molar-refractivity contribution in [3.63, 3.8) is 0 Å². The van der Waals surface area contributed by atoms with E-state index >= 15 is 0 Å². The van der Waals surface area contributed by atoms with Crippen LogP contribution in [0, 0.1) is 11.8 Å². The molecule has 15 heavy (non-hydrogen) atoms. The molecule has 1 amide bonds. The van der Waals surface area contributed by atoms with Crippen molar-refractivity contribution in [2.45, 2.75) is 32.7 Å². The number of hydrogen-bond donors (Lipinski definition) is 2. The average molecular weight is 207 g/mol. The standard InChI is InChI=1S/C11H17N3O/c1-8-3-2-4-10(8)11(15)12-7-9-5-6-13-14-9/h5-6,8,10H,2-4,7H2,1H3,(H,12,15)(H,13,14). The van der Waals surface area contributed by atoms with E-state index in [0.717, 1.165) is 12.1 Å². The highest BCUT2D eigenvalue weighted by molar-refractivity contribution is 5.79. The van der Waals surface area contributed by atoms with E-state index in [-0.39, 0.29) is 11.8 Å². The van der Waals surface area contributed by atoms with E-state index < -0.39 is 0 Å². The minimum Gasteiger partial charge on any atom is -0.350 e. The molecule has 1 fully saturated rings. The predicted octanol–water partition coefficient (Wildman–Crippen LogP) is 1.46. The lowest BCUT2D eigenvalue weighted by Crippen LogP contribution is -2.31. The van der Waals surface area contributed by atoms with E-state index in [4.69, 9.17) is 0 Å². The van der Waals surface area contributed by atoms with Gasteiger partial charge in [0.05, 0.1) is 12.2 Å². The summed E-state index contributed by atoms with van der Waals surface area (Å²) in [7, 11) is 0. The topological polar surface area (TPSA) is 57.8 Å². The number of carbonyl (C=O) groups excluding carboxylic acids is 1. The summed E-state index contributed by atoms with van der Waals surface area (Å²) in [5.41, 5.74) is 0.953. The Kier molecular flexibility index (Phi) is 3.04. The van der Waals surface area contributed by atoms with Gasteiger partial charge in [0.25, 0.3) is 0 Å². The first-order valence-electron chi connectivity index (χ1n) is 5.53. The highest BCUT2D eigenvalue weighted by Gasteiger charge is 2.29. The van der Waals surface area contributed by atoms with E-state index in [9.17, 15) is 4.79 Å². The van der Waals surface area contributed by atoms with Crippen molar-refractivity contribution in [3.05, 3.63) is 18.0 Å². The Morgan fingerprint density at radius 1 is 1.67 bits per heavy atom. The zero-order chi connectivity index (χ0) is 10.7. The van der Waals surface area contributed by atoms with Gasteiger partial charge in [0, 0.05) is 12.1 Å². The Labute approximate surface area is 89.5 Å². The normalized spacial score (nSPS) is 25.4. The van der Waals surface area contributed by atoms with Gasteiger partial charge in [-0.15, -0.1) is 0 Å². The van der Waals surface area contributed by atoms with Crippen LogP contribution in [0.5, 0.6) is 0 Å². The minimum atomic E-state index is 0.189. The van der Waals surface area contributed by atoms with Crippen LogP contribution >= 0.6 is 0 Å². The van der Waals surface area contributed by atoms with Crippen molar-refractivity contribution in [1.82, 2.24) is 15.5 Å². The third-order valence-electron chi connectivity index (χ3n) is 3.21. The number of H-pyrrole nitrogens is 1. The largest absolute Gasteiger partial charge is 0.350 e. The van der Waals surface area contributed by atoms with Crippen molar-refractivity contribution < 1.29 is 4.79 Å². The zero-order valence-corrected chi connectivity index (χ0v) is 8.99. The number of aromatic nitrogens is 2. The summed E-state index contributed by atoms with van der Waals surface area (Å²) in [6, 6.07) is 1.87. The molecule has 2 atom stereocenters. The molecule has 1 heterocycles. The van der Waals surface area contributed by atoms with E-state index in [1.165, 1.54) is 12.8 Å². The fraction of sp³-hybridized carbons (Fsp3) is 0.636.